The quantitative estimate of drug-likeness (QED) is 0.560. The van der Waals surface area contributed by atoms with Crippen molar-refractivity contribution in [2.24, 2.45) is 10.7 Å². The van der Waals surface area contributed by atoms with E-state index in [9.17, 15) is 0 Å². The van der Waals surface area contributed by atoms with Gasteiger partial charge in [0.05, 0.1) is 17.7 Å². The Morgan fingerprint density at radius 2 is 1.84 bits per heavy atom. The number of rotatable bonds is 2. The molecule has 4 heteroatoms. The van der Waals surface area contributed by atoms with Crippen LogP contribution in [0.2, 0.25) is 0 Å². The molecule has 0 aliphatic rings. The van der Waals surface area contributed by atoms with E-state index in [4.69, 9.17) is 5.73 Å². The Balaban J connectivity index is 2.28. The molecule has 2 N–H and O–H groups in total. The number of aromatic nitrogens is 2. The predicted molar refractivity (Wildman–Crippen MR) is 77.3 cm³/mol. The summed E-state index contributed by atoms with van der Waals surface area (Å²) in [5.41, 5.74) is 7.01. The van der Waals surface area contributed by atoms with Gasteiger partial charge in [0.25, 0.3) is 0 Å². The highest BCUT2D eigenvalue weighted by atomic mass is 14.9. The monoisotopic (exact) mass is 248 g/mol. The molecule has 0 radical (unpaired) electrons. The molecule has 0 unspecified atom stereocenters. The number of nitrogens with zero attached hydrogens (tertiary/aromatic N) is 3. The van der Waals surface area contributed by atoms with Crippen LogP contribution in [0.4, 0.5) is 5.82 Å². The standard InChI is InChI=1S/C15H12N4/c16-10-18-15-12-6-2-1-5-11(12)9-14(19-15)13-7-3-4-8-17-13/h1-10H,(H2,16,18,19). The van der Waals surface area contributed by atoms with Gasteiger partial charge in [0.15, 0.2) is 5.82 Å². The fourth-order valence-electron chi connectivity index (χ4n) is 1.99. The van der Waals surface area contributed by atoms with Crippen molar-refractivity contribution >= 4 is 22.9 Å². The van der Waals surface area contributed by atoms with Crippen LogP contribution in [0.3, 0.4) is 0 Å². The van der Waals surface area contributed by atoms with Crippen molar-refractivity contribution in [2.75, 3.05) is 0 Å². The SMILES string of the molecule is NC=Nc1nc(-c2ccccn2)cc2ccccc12. The average Bonchev–Trinajstić information content (AvgIpc) is 2.48. The van der Waals surface area contributed by atoms with Crippen LogP contribution in [0, 0.1) is 0 Å². The summed E-state index contributed by atoms with van der Waals surface area (Å²) >= 11 is 0. The van der Waals surface area contributed by atoms with E-state index in [-0.39, 0.29) is 0 Å². The van der Waals surface area contributed by atoms with Crippen molar-refractivity contribution in [3.8, 4) is 11.4 Å². The van der Waals surface area contributed by atoms with Crippen molar-refractivity contribution in [3.05, 3.63) is 54.7 Å². The molecule has 0 aliphatic carbocycles. The molecule has 3 rings (SSSR count). The molecular formula is C15H12N4. The van der Waals surface area contributed by atoms with Crippen LogP contribution >= 0.6 is 0 Å². The van der Waals surface area contributed by atoms with Crippen LogP contribution in [0.15, 0.2) is 59.7 Å². The van der Waals surface area contributed by atoms with Crippen LogP contribution < -0.4 is 5.73 Å². The number of benzene rings is 1. The summed E-state index contributed by atoms with van der Waals surface area (Å²) in [5.74, 6) is 0.612. The van der Waals surface area contributed by atoms with Gasteiger partial charge < -0.3 is 5.73 Å². The van der Waals surface area contributed by atoms with E-state index in [1.54, 1.807) is 6.20 Å². The summed E-state index contributed by atoms with van der Waals surface area (Å²) in [7, 11) is 0. The molecule has 0 aliphatic heterocycles. The first-order valence-electron chi connectivity index (χ1n) is 5.94. The van der Waals surface area contributed by atoms with Crippen molar-refractivity contribution in [2.45, 2.75) is 0 Å². The number of aliphatic imine (C=N–C) groups is 1. The van der Waals surface area contributed by atoms with E-state index in [1.807, 2.05) is 48.5 Å². The zero-order valence-electron chi connectivity index (χ0n) is 10.2. The molecule has 19 heavy (non-hydrogen) atoms. The maximum Gasteiger partial charge on any atom is 0.162 e. The lowest BCUT2D eigenvalue weighted by Crippen LogP contribution is -1.91. The predicted octanol–water partition coefficient (Wildman–Crippen LogP) is 2.92. The van der Waals surface area contributed by atoms with E-state index in [1.165, 1.54) is 6.34 Å². The van der Waals surface area contributed by atoms with Crippen LogP contribution in [0.25, 0.3) is 22.2 Å². The topological polar surface area (TPSA) is 64.2 Å². The maximum atomic E-state index is 5.39. The molecule has 2 heterocycles. The second kappa shape index (κ2) is 4.86. The summed E-state index contributed by atoms with van der Waals surface area (Å²) in [6.07, 6.45) is 3.01. The molecule has 92 valence electrons. The highest BCUT2D eigenvalue weighted by Crippen LogP contribution is 2.28. The van der Waals surface area contributed by atoms with Crippen molar-refractivity contribution < 1.29 is 0 Å². The number of fused-ring (bicyclic) bond motifs is 1. The lowest BCUT2D eigenvalue weighted by atomic mass is 10.1. The molecule has 4 nitrogen and oxygen atoms in total. The van der Waals surface area contributed by atoms with Crippen molar-refractivity contribution in [3.63, 3.8) is 0 Å². The smallest absolute Gasteiger partial charge is 0.162 e. The Labute approximate surface area is 110 Å². The molecule has 0 bridgehead atoms. The van der Waals surface area contributed by atoms with E-state index in [2.05, 4.69) is 15.0 Å². The third kappa shape index (κ3) is 2.15. The molecule has 1 aromatic carbocycles. The first-order valence-corrected chi connectivity index (χ1v) is 5.94. The fourth-order valence-corrected chi connectivity index (χ4v) is 1.99. The van der Waals surface area contributed by atoms with Gasteiger partial charge in [0, 0.05) is 11.6 Å². The summed E-state index contributed by atoms with van der Waals surface area (Å²) in [5, 5.41) is 2.04. The minimum absolute atomic E-state index is 0.612. The van der Waals surface area contributed by atoms with Gasteiger partial charge in [-0.05, 0) is 23.6 Å². The maximum absolute atomic E-state index is 5.39. The molecule has 0 saturated heterocycles. The molecular weight excluding hydrogens is 236 g/mol. The van der Waals surface area contributed by atoms with Crippen LogP contribution in [-0.4, -0.2) is 16.3 Å². The molecule has 2 aromatic heterocycles. The zero-order chi connectivity index (χ0) is 13.1. The van der Waals surface area contributed by atoms with Crippen LogP contribution in [0.1, 0.15) is 0 Å². The van der Waals surface area contributed by atoms with Crippen molar-refractivity contribution in [1.82, 2.24) is 9.97 Å². The van der Waals surface area contributed by atoms with Gasteiger partial charge in [0.1, 0.15) is 0 Å². The highest BCUT2D eigenvalue weighted by molar-refractivity contribution is 5.94. The zero-order valence-corrected chi connectivity index (χ0v) is 10.2. The first-order chi connectivity index (χ1) is 9.38. The Morgan fingerprint density at radius 1 is 1.00 bits per heavy atom. The number of pyridine rings is 2. The Kier molecular flexibility index (Phi) is 2.90. The Bertz CT molecular complexity index is 735. The molecule has 0 saturated carbocycles. The third-order valence-corrected chi connectivity index (χ3v) is 2.84. The van der Waals surface area contributed by atoms with Gasteiger partial charge in [-0.15, -0.1) is 0 Å². The largest absolute Gasteiger partial charge is 0.390 e. The van der Waals surface area contributed by atoms with Gasteiger partial charge in [-0.25, -0.2) is 9.98 Å². The van der Waals surface area contributed by atoms with E-state index >= 15 is 0 Å². The average molecular weight is 248 g/mol. The number of hydrogen-bond donors (Lipinski definition) is 1. The first kappa shape index (κ1) is 11.3. The highest BCUT2D eigenvalue weighted by Gasteiger charge is 2.06. The summed E-state index contributed by atoms with van der Waals surface area (Å²) in [6.45, 7) is 0. The van der Waals surface area contributed by atoms with Crippen LogP contribution in [0.5, 0.6) is 0 Å². The van der Waals surface area contributed by atoms with Gasteiger partial charge in [-0.1, -0.05) is 30.3 Å². The van der Waals surface area contributed by atoms with E-state index < -0.39 is 0 Å². The molecule has 0 amide bonds. The normalized spacial score (nSPS) is 11.2. The van der Waals surface area contributed by atoms with Crippen LogP contribution in [-0.2, 0) is 0 Å². The molecule has 0 fully saturated rings. The minimum atomic E-state index is 0.612. The Hall–Kier alpha value is -2.75. The van der Waals surface area contributed by atoms with E-state index in [0.29, 0.717) is 5.82 Å². The summed E-state index contributed by atoms with van der Waals surface area (Å²) in [4.78, 5) is 13.0. The molecule has 0 atom stereocenters. The minimum Gasteiger partial charge on any atom is -0.390 e. The second-order valence-corrected chi connectivity index (χ2v) is 4.05. The van der Waals surface area contributed by atoms with Gasteiger partial charge in [0.2, 0.25) is 0 Å². The Morgan fingerprint density at radius 3 is 2.63 bits per heavy atom. The second-order valence-electron chi connectivity index (χ2n) is 4.05. The molecule has 3 aromatic rings. The van der Waals surface area contributed by atoms with Gasteiger partial charge in [-0.3, -0.25) is 4.98 Å². The molecule has 0 spiro atoms. The van der Waals surface area contributed by atoms with E-state index in [0.717, 1.165) is 22.2 Å². The number of hydrogen-bond acceptors (Lipinski definition) is 3. The fraction of sp³-hybridized carbons (Fsp3) is 0. The van der Waals surface area contributed by atoms with Gasteiger partial charge in [-0.2, -0.15) is 0 Å². The van der Waals surface area contributed by atoms with Crippen molar-refractivity contribution in [1.29, 1.82) is 0 Å². The third-order valence-electron chi connectivity index (χ3n) is 2.84. The lowest BCUT2D eigenvalue weighted by Gasteiger charge is -2.05. The summed E-state index contributed by atoms with van der Waals surface area (Å²) in [6, 6.07) is 15.7. The van der Waals surface area contributed by atoms with Gasteiger partial charge >= 0.3 is 0 Å². The lowest BCUT2D eigenvalue weighted by molar-refractivity contribution is 1.24. The number of nitrogens with two attached hydrogens (primary N) is 1. The summed E-state index contributed by atoms with van der Waals surface area (Å²) < 4.78 is 0.